The third kappa shape index (κ3) is 14.8. The number of hydrogen-bond acceptors (Lipinski definition) is 10. The van der Waals surface area contributed by atoms with Crippen LogP contribution in [0.1, 0.15) is 20.3 Å². The SMILES string of the molecule is CC(=O)CC(C)=O.[Ir+3].[c-]1cc(N(c2ccccc2)c2ccccc2)cc2c1c1ncc(-c3ccccc3)nc1c1ccc(N(c3ccccc3)c3ccccc3)cc21.[c-]1cc(N(c2ccccc2)c2ccccc2)cc2c1c1ncc(-c3ccccc3)nc1c1ccc(N(c3ccccc3)c3ccccc3)cc21. The maximum Gasteiger partial charge on any atom is 3.00 e. The van der Waals surface area contributed by atoms with Crippen LogP contribution in [0, 0.1) is 12.1 Å². The molecule has 108 heavy (non-hydrogen) atoms. The molecule has 0 saturated carbocycles. The summed E-state index contributed by atoms with van der Waals surface area (Å²) in [7, 11) is 0. The van der Waals surface area contributed by atoms with E-state index in [-0.39, 0.29) is 38.1 Å². The number of benzene rings is 16. The van der Waals surface area contributed by atoms with Gasteiger partial charge in [0.05, 0.1) is 28.8 Å². The first-order valence-electron chi connectivity index (χ1n) is 35.6. The second-order valence-electron chi connectivity index (χ2n) is 26.0. The topological polar surface area (TPSA) is 98.7 Å². The van der Waals surface area contributed by atoms with E-state index in [9.17, 15) is 9.59 Å². The number of rotatable bonds is 16. The molecule has 0 fully saturated rings. The molecule has 0 spiro atoms. The summed E-state index contributed by atoms with van der Waals surface area (Å²) in [6.45, 7) is 2.81. The van der Waals surface area contributed by atoms with Crippen molar-refractivity contribution in [2.45, 2.75) is 20.3 Å². The Morgan fingerprint density at radius 1 is 0.269 bits per heavy atom. The minimum atomic E-state index is -0.0625. The van der Waals surface area contributed by atoms with E-state index in [0.29, 0.717) is 0 Å². The number of hydrogen-bond donors (Lipinski definition) is 0. The molecule has 16 aromatic carbocycles. The summed E-state index contributed by atoms with van der Waals surface area (Å²) in [5.74, 6) is -0.125. The summed E-state index contributed by atoms with van der Waals surface area (Å²) < 4.78 is 0. The van der Waals surface area contributed by atoms with E-state index in [4.69, 9.17) is 19.9 Å². The van der Waals surface area contributed by atoms with E-state index in [1.807, 2.05) is 73.1 Å². The first-order valence-corrected chi connectivity index (χ1v) is 35.6. The minimum Gasteiger partial charge on any atom is -0.352 e. The van der Waals surface area contributed by atoms with Crippen LogP contribution in [0.25, 0.3) is 87.7 Å². The van der Waals surface area contributed by atoms with E-state index in [1.165, 1.54) is 13.8 Å². The molecule has 10 nitrogen and oxygen atoms in total. The van der Waals surface area contributed by atoms with Crippen molar-refractivity contribution < 1.29 is 29.7 Å². The molecule has 2 heterocycles. The van der Waals surface area contributed by atoms with Crippen molar-refractivity contribution in [3.05, 3.63) is 389 Å². The Bertz CT molecular complexity index is 5620. The molecule has 0 aliphatic heterocycles. The van der Waals surface area contributed by atoms with E-state index in [0.717, 1.165) is 156 Å². The van der Waals surface area contributed by atoms with Crippen molar-refractivity contribution in [3.63, 3.8) is 0 Å². The van der Waals surface area contributed by atoms with Crippen molar-refractivity contribution in [3.8, 4) is 22.5 Å². The molecule has 11 heteroatoms. The minimum absolute atomic E-state index is 0. The average molecular weight is 1570 g/mol. The molecular formula is C97H70IrN8O2+. The summed E-state index contributed by atoms with van der Waals surface area (Å²) in [5, 5.41) is 8.25. The summed E-state index contributed by atoms with van der Waals surface area (Å²) in [6.07, 6.45) is 3.84. The zero-order valence-electron chi connectivity index (χ0n) is 59.2. The molecule has 0 radical (unpaired) electrons. The Labute approximate surface area is 641 Å². The summed E-state index contributed by atoms with van der Waals surface area (Å²) in [6, 6.07) is 134. The Balaban J connectivity index is 0.000000157. The maximum atomic E-state index is 10.0. The Morgan fingerprint density at radius 2 is 0.509 bits per heavy atom. The Kier molecular flexibility index (Phi) is 20.9. The predicted molar refractivity (Wildman–Crippen MR) is 442 cm³/mol. The zero-order chi connectivity index (χ0) is 72.4. The molecule has 18 aromatic rings. The molecule has 0 unspecified atom stereocenters. The van der Waals surface area contributed by atoms with Crippen LogP contribution in [0.3, 0.4) is 0 Å². The van der Waals surface area contributed by atoms with Crippen molar-refractivity contribution >= 4 is 145 Å². The first-order chi connectivity index (χ1) is 52.8. The van der Waals surface area contributed by atoms with Crippen LogP contribution in [0.2, 0.25) is 0 Å². The van der Waals surface area contributed by atoms with Gasteiger partial charge in [0.15, 0.2) is 0 Å². The fourth-order valence-electron chi connectivity index (χ4n) is 14.0. The Hall–Kier alpha value is -13.6. The second-order valence-corrected chi connectivity index (χ2v) is 26.0. The van der Waals surface area contributed by atoms with Gasteiger partial charge in [-0.25, -0.2) is 0 Å². The van der Waals surface area contributed by atoms with Crippen LogP contribution in [0.5, 0.6) is 0 Å². The van der Waals surface area contributed by atoms with E-state index in [1.54, 1.807) is 0 Å². The summed E-state index contributed by atoms with van der Waals surface area (Å²) in [5.41, 5.74) is 19.9. The van der Waals surface area contributed by atoms with E-state index < -0.39 is 0 Å². The van der Waals surface area contributed by atoms with Gasteiger partial charge >= 0.3 is 20.1 Å². The fraction of sp³-hybridized carbons (Fsp3) is 0.0309. The number of ketones is 2. The molecule has 0 atom stereocenters. The number of fused-ring (bicyclic) bond motifs is 12. The number of anilines is 12. The number of Topliss-reactive ketones (excluding diaryl/α,β-unsaturated/α-hetero) is 2. The van der Waals surface area contributed by atoms with Crippen LogP contribution in [-0.4, -0.2) is 31.5 Å². The molecule has 0 amide bonds. The van der Waals surface area contributed by atoms with Crippen LogP contribution in [-0.2, 0) is 29.7 Å². The number of nitrogens with zero attached hydrogens (tertiary/aromatic N) is 8. The molecule has 518 valence electrons. The fourth-order valence-corrected chi connectivity index (χ4v) is 14.0. The standard InChI is InChI=1S/2C46H31N4.C5H8O2.Ir/c2*1-6-16-33(17-7-1)44-32-47-45-40-28-26-38(49(34-18-8-2-9-19-34)35-20-10-3-11-21-35)30-42(40)43-31-39(27-29-41(43)46(45)48-44)50(36-22-12-4-13-23-36)37-24-14-5-15-25-37;1-4(6)3-5(2)7;/h2*1-27,29-32H;3H2,1-2H3;/q2*-1;;+3. The van der Waals surface area contributed by atoms with Gasteiger partial charge in [-0.15, -0.1) is 47.2 Å². The molecule has 0 saturated heterocycles. The third-order valence-corrected chi connectivity index (χ3v) is 18.8. The zero-order valence-corrected chi connectivity index (χ0v) is 61.6. The van der Waals surface area contributed by atoms with Crippen molar-refractivity contribution in [1.82, 2.24) is 19.9 Å². The van der Waals surface area contributed by atoms with Crippen LogP contribution in [0.4, 0.5) is 68.2 Å². The van der Waals surface area contributed by atoms with Crippen LogP contribution in [0.15, 0.2) is 376 Å². The predicted octanol–water partition coefficient (Wildman–Crippen LogP) is 25.2. The van der Waals surface area contributed by atoms with Gasteiger partial charge in [-0.3, -0.25) is 19.6 Å². The Morgan fingerprint density at radius 3 is 0.759 bits per heavy atom. The normalized spacial score (nSPS) is 10.9. The van der Waals surface area contributed by atoms with Gasteiger partial charge < -0.3 is 29.6 Å². The molecular weight excluding hydrogens is 1500 g/mol. The van der Waals surface area contributed by atoms with Crippen LogP contribution < -0.4 is 19.6 Å². The maximum absolute atomic E-state index is 10.0. The molecule has 0 bridgehead atoms. The van der Waals surface area contributed by atoms with Gasteiger partial charge in [-0.05, 0) is 168 Å². The van der Waals surface area contributed by atoms with Crippen LogP contribution >= 0.6 is 0 Å². The van der Waals surface area contributed by atoms with Crippen molar-refractivity contribution in [2.75, 3.05) is 19.6 Å². The number of carbonyl (C=O) groups is 2. The molecule has 0 aliphatic carbocycles. The van der Waals surface area contributed by atoms with Crippen molar-refractivity contribution in [2.24, 2.45) is 0 Å². The number of aromatic nitrogens is 4. The van der Waals surface area contributed by atoms with Gasteiger partial charge in [-0.1, -0.05) is 229 Å². The van der Waals surface area contributed by atoms with Gasteiger partial charge in [0.1, 0.15) is 11.6 Å². The average Bonchev–Trinajstić information content (AvgIpc) is 0.734. The summed E-state index contributed by atoms with van der Waals surface area (Å²) >= 11 is 0. The first kappa shape index (κ1) is 70.1. The van der Waals surface area contributed by atoms with Crippen molar-refractivity contribution in [1.29, 1.82) is 0 Å². The van der Waals surface area contributed by atoms with Gasteiger partial charge in [-0.2, -0.15) is 0 Å². The second kappa shape index (κ2) is 32.2. The quantitative estimate of drug-likeness (QED) is 0.0528. The molecule has 0 aliphatic rings. The number of carbonyl (C=O) groups excluding carboxylic acids is 2. The molecule has 0 N–H and O–H groups in total. The number of para-hydroxylation sites is 8. The molecule has 2 aromatic heterocycles. The van der Waals surface area contributed by atoms with E-state index >= 15 is 0 Å². The third-order valence-electron chi connectivity index (χ3n) is 18.8. The monoisotopic (exact) mass is 1570 g/mol. The smallest absolute Gasteiger partial charge is 0.352 e. The van der Waals surface area contributed by atoms with Gasteiger partial charge in [0, 0.05) is 91.4 Å². The van der Waals surface area contributed by atoms with Gasteiger partial charge in [0.25, 0.3) is 0 Å². The van der Waals surface area contributed by atoms with Gasteiger partial charge in [0.2, 0.25) is 0 Å². The summed E-state index contributed by atoms with van der Waals surface area (Å²) in [4.78, 5) is 49.9. The molecule has 18 rings (SSSR count). The largest absolute Gasteiger partial charge is 3.00 e. The van der Waals surface area contributed by atoms with E-state index in [2.05, 4.69) is 335 Å².